The number of rotatable bonds is 8. The molecule has 0 aliphatic carbocycles. The van der Waals surface area contributed by atoms with Gasteiger partial charge in [0, 0.05) is 5.56 Å². The van der Waals surface area contributed by atoms with Gasteiger partial charge in [0.2, 0.25) is 0 Å². The maximum Gasteiger partial charge on any atom is 0.263 e. The van der Waals surface area contributed by atoms with Gasteiger partial charge in [-0.2, -0.15) is 0 Å². The zero-order valence-corrected chi connectivity index (χ0v) is 23.2. The second-order valence-electron chi connectivity index (χ2n) is 9.10. The largest absolute Gasteiger partial charge is 0.345 e. The fraction of sp³-hybridized carbons (Fsp3) is 0.133. The van der Waals surface area contributed by atoms with Crippen molar-refractivity contribution in [3.8, 4) is 0 Å². The van der Waals surface area contributed by atoms with E-state index >= 15 is 0 Å². The van der Waals surface area contributed by atoms with E-state index in [2.05, 4.69) is 15.4 Å². The van der Waals surface area contributed by atoms with E-state index in [-0.39, 0.29) is 38.7 Å². The summed E-state index contributed by atoms with van der Waals surface area (Å²) >= 11 is 6.24. The molecule has 2 amide bonds. The van der Waals surface area contributed by atoms with Crippen molar-refractivity contribution in [3.05, 3.63) is 124 Å². The molecule has 0 saturated heterocycles. The molecule has 0 aromatic heterocycles. The quantitative estimate of drug-likeness (QED) is 0.228. The SMILES string of the molecule is Cc1cccc(NS(=O)(=O)c2cc(C(=O)Nc3ccccc3C(=O)N[C@H](C)c3ccccc3)ccc2Cl)c1C. The van der Waals surface area contributed by atoms with Crippen molar-refractivity contribution in [2.24, 2.45) is 0 Å². The van der Waals surface area contributed by atoms with Crippen LogP contribution in [-0.4, -0.2) is 20.2 Å². The topological polar surface area (TPSA) is 104 Å². The lowest BCUT2D eigenvalue weighted by Crippen LogP contribution is -2.28. The first-order valence-electron chi connectivity index (χ1n) is 12.2. The van der Waals surface area contributed by atoms with Gasteiger partial charge in [-0.05, 0) is 73.9 Å². The van der Waals surface area contributed by atoms with Crippen molar-refractivity contribution >= 4 is 44.8 Å². The van der Waals surface area contributed by atoms with Crippen LogP contribution < -0.4 is 15.4 Å². The van der Waals surface area contributed by atoms with Crippen LogP contribution in [0.25, 0.3) is 0 Å². The maximum absolute atomic E-state index is 13.2. The van der Waals surface area contributed by atoms with E-state index in [4.69, 9.17) is 11.6 Å². The van der Waals surface area contributed by atoms with E-state index < -0.39 is 15.9 Å². The fourth-order valence-electron chi connectivity index (χ4n) is 4.00. The molecule has 4 aromatic carbocycles. The number of nitrogens with one attached hydrogen (secondary N) is 3. The summed E-state index contributed by atoms with van der Waals surface area (Å²) in [4.78, 5) is 26.0. The van der Waals surface area contributed by atoms with Gasteiger partial charge in [0.1, 0.15) is 4.90 Å². The van der Waals surface area contributed by atoms with Crippen molar-refractivity contribution in [1.82, 2.24) is 5.32 Å². The smallest absolute Gasteiger partial charge is 0.263 e. The van der Waals surface area contributed by atoms with Gasteiger partial charge in [0.25, 0.3) is 21.8 Å². The average molecular weight is 562 g/mol. The molecule has 0 bridgehead atoms. The molecular weight excluding hydrogens is 534 g/mol. The van der Waals surface area contributed by atoms with Crippen LogP contribution in [0.1, 0.15) is 50.4 Å². The summed E-state index contributed by atoms with van der Waals surface area (Å²) in [6, 6.07) is 25.2. The van der Waals surface area contributed by atoms with Gasteiger partial charge in [-0.25, -0.2) is 8.42 Å². The Morgan fingerprint density at radius 1 is 0.795 bits per heavy atom. The molecule has 0 spiro atoms. The Morgan fingerprint density at radius 2 is 1.46 bits per heavy atom. The summed E-state index contributed by atoms with van der Waals surface area (Å²) in [5, 5.41) is 5.64. The van der Waals surface area contributed by atoms with Gasteiger partial charge in [0.05, 0.1) is 28.0 Å². The third-order valence-corrected chi connectivity index (χ3v) is 8.25. The third-order valence-electron chi connectivity index (χ3n) is 6.40. The summed E-state index contributed by atoms with van der Waals surface area (Å²) in [6.07, 6.45) is 0. The van der Waals surface area contributed by atoms with E-state index in [1.54, 1.807) is 36.4 Å². The van der Waals surface area contributed by atoms with E-state index in [9.17, 15) is 18.0 Å². The average Bonchev–Trinajstić information content (AvgIpc) is 2.92. The molecule has 0 aliphatic heterocycles. The fourth-order valence-corrected chi connectivity index (χ4v) is 5.65. The monoisotopic (exact) mass is 561 g/mol. The van der Waals surface area contributed by atoms with Crippen molar-refractivity contribution in [3.63, 3.8) is 0 Å². The number of halogens is 1. The minimum Gasteiger partial charge on any atom is -0.345 e. The van der Waals surface area contributed by atoms with Crippen LogP contribution in [0.2, 0.25) is 5.02 Å². The molecule has 200 valence electrons. The predicted octanol–water partition coefficient (Wildman–Crippen LogP) is 6.50. The highest BCUT2D eigenvalue weighted by Gasteiger charge is 2.22. The minimum absolute atomic E-state index is 0.0287. The second kappa shape index (κ2) is 11.7. The van der Waals surface area contributed by atoms with Crippen molar-refractivity contribution < 1.29 is 18.0 Å². The van der Waals surface area contributed by atoms with Gasteiger partial charge in [-0.3, -0.25) is 14.3 Å². The van der Waals surface area contributed by atoms with Crippen molar-refractivity contribution in [2.45, 2.75) is 31.7 Å². The summed E-state index contributed by atoms with van der Waals surface area (Å²) < 4.78 is 29.0. The number of sulfonamides is 1. The zero-order chi connectivity index (χ0) is 28.2. The first-order valence-corrected chi connectivity index (χ1v) is 14.1. The standard InChI is InChI=1S/C30H28ClN3O4S/c1-19-10-9-15-26(20(19)2)34-39(37,38)28-18-23(16-17-25(28)31)29(35)33-27-14-8-7-13-24(27)30(36)32-21(3)22-11-5-4-6-12-22/h4-18,21,34H,1-3H3,(H,32,36)(H,33,35)/t21-/m1/s1. The zero-order valence-electron chi connectivity index (χ0n) is 21.7. The summed E-state index contributed by atoms with van der Waals surface area (Å²) in [5.74, 6) is -0.953. The van der Waals surface area contributed by atoms with Gasteiger partial charge in [-0.1, -0.05) is 66.2 Å². The normalized spacial score (nSPS) is 11.9. The molecule has 0 heterocycles. The molecule has 4 rings (SSSR count). The van der Waals surface area contributed by atoms with E-state index in [0.717, 1.165) is 16.7 Å². The Hall–Kier alpha value is -4.14. The van der Waals surface area contributed by atoms with Crippen LogP contribution in [0.15, 0.2) is 95.9 Å². The molecule has 0 fully saturated rings. The Balaban J connectivity index is 1.56. The lowest BCUT2D eigenvalue weighted by molar-refractivity contribution is 0.0940. The second-order valence-corrected chi connectivity index (χ2v) is 11.2. The van der Waals surface area contributed by atoms with E-state index in [1.807, 2.05) is 57.2 Å². The van der Waals surface area contributed by atoms with E-state index in [0.29, 0.717) is 5.69 Å². The molecule has 39 heavy (non-hydrogen) atoms. The minimum atomic E-state index is -4.10. The highest BCUT2D eigenvalue weighted by atomic mass is 35.5. The Morgan fingerprint density at radius 3 is 2.21 bits per heavy atom. The number of amides is 2. The first kappa shape index (κ1) is 27.9. The molecule has 0 saturated carbocycles. The number of aryl methyl sites for hydroxylation is 1. The molecule has 9 heteroatoms. The number of carbonyl (C=O) groups excluding carboxylic acids is 2. The molecule has 1 atom stereocenters. The summed E-state index contributed by atoms with van der Waals surface area (Å²) in [5.41, 5.74) is 3.69. The predicted molar refractivity (Wildman–Crippen MR) is 155 cm³/mol. The van der Waals surface area contributed by atoms with Gasteiger partial charge in [-0.15, -0.1) is 0 Å². The molecule has 4 aromatic rings. The summed E-state index contributed by atoms with van der Waals surface area (Å²) in [6.45, 7) is 5.56. The van der Waals surface area contributed by atoms with Crippen LogP contribution in [0.5, 0.6) is 0 Å². The molecule has 0 aliphatic rings. The van der Waals surface area contributed by atoms with Crippen LogP contribution in [0.3, 0.4) is 0 Å². The van der Waals surface area contributed by atoms with Crippen molar-refractivity contribution in [2.75, 3.05) is 10.0 Å². The summed E-state index contributed by atoms with van der Waals surface area (Å²) in [7, 11) is -4.10. The number of hydrogen-bond acceptors (Lipinski definition) is 4. The Labute approximate surface area is 233 Å². The maximum atomic E-state index is 13.2. The Kier molecular flexibility index (Phi) is 8.38. The van der Waals surface area contributed by atoms with Gasteiger partial charge >= 0.3 is 0 Å². The van der Waals surface area contributed by atoms with Crippen LogP contribution in [0.4, 0.5) is 11.4 Å². The molecule has 7 nitrogen and oxygen atoms in total. The Bertz CT molecular complexity index is 1640. The van der Waals surface area contributed by atoms with Crippen LogP contribution in [-0.2, 0) is 10.0 Å². The molecule has 3 N–H and O–H groups in total. The highest BCUT2D eigenvalue weighted by molar-refractivity contribution is 7.92. The van der Waals surface area contributed by atoms with Crippen molar-refractivity contribution in [1.29, 1.82) is 0 Å². The van der Waals surface area contributed by atoms with Gasteiger partial charge < -0.3 is 10.6 Å². The number of hydrogen-bond donors (Lipinski definition) is 3. The lowest BCUT2D eigenvalue weighted by Gasteiger charge is -2.17. The highest BCUT2D eigenvalue weighted by Crippen LogP contribution is 2.28. The first-order chi connectivity index (χ1) is 18.6. The number of carbonyl (C=O) groups is 2. The van der Waals surface area contributed by atoms with Gasteiger partial charge in [0.15, 0.2) is 0 Å². The molecular formula is C30H28ClN3O4S. The molecule has 0 radical (unpaired) electrons. The van der Waals surface area contributed by atoms with Crippen LogP contribution >= 0.6 is 11.6 Å². The van der Waals surface area contributed by atoms with Crippen LogP contribution in [0, 0.1) is 13.8 Å². The van der Waals surface area contributed by atoms with E-state index in [1.165, 1.54) is 18.2 Å². The molecule has 0 unspecified atom stereocenters. The number of benzene rings is 4. The number of para-hydroxylation sites is 1. The third kappa shape index (κ3) is 6.47. The lowest BCUT2D eigenvalue weighted by atomic mass is 10.1. The number of anilines is 2.